The number of rotatable bonds is 4. The van der Waals surface area contributed by atoms with Crippen molar-refractivity contribution in [1.29, 1.82) is 0 Å². The van der Waals surface area contributed by atoms with Crippen LogP contribution < -0.4 is 5.73 Å². The van der Waals surface area contributed by atoms with Gasteiger partial charge in [-0.25, -0.2) is 0 Å². The molecule has 0 aromatic carbocycles. The summed E-state index contributed by atoms with van der Waals surface area (Å²) in [4.78, 5) is 0. The van der Waals surface area contributed by atoms with Crippen molar-refractivity contribution >= 4 is 29.0 Å². The Kier molecular flexibility index (Phi) is 4.46. The molecule has 110 valence electrons. The number of aromatic nitrogens is 3. The van der Waals surface area contributed by atoms with Gasteiger partial charge in [-0.2, -0.15) is 24.9 Å². The van der Waals surface area contributed by atoms with E-state index in [-0.39, 0.29) is 16.5 Å². The summed E-state index contributed by atoms with van der Waals surface area (Å²) in [6.45, 7) is 0. The average molecular weight is 325 g/mol. The van der Waals surface area contributed by atoms with E-state index in [2.05, 4.69) is 10.2 Å². The number of fused-ring (bicyclic) bond motifs is 1. The maximum absolute atomic E-state index is 12.8. The van der Waals surface area contributed by atoms with Gasteiger partial charge in [0.2, 0.25) is 0 Å². The molecule has 20 heavy (non-hydrogen) atoms. The lowest BCUT2D eigenvalue weighted by Crippen LogP contribution is -2.16. The van der Waals surface area contributed by atoms with Gasteiger partial charge in [0.15, 0.2) is 11.5 Å². The Hall–Kier alpha value is -0.990. The molecule has 4 nitrogen and oxygen atoms in total. The SMILES string of the molecule is CSCCC(N)c1nnc2c(Cl)cc(C(F)(F)F)cn12. The number of hydrogen-bond acceptors (Lipinski definition) is 4. The molecule has 0 fully saturated rings. The maximum atomic E-state index is 12.8. The third-order valence-electron chi connectivity index (χ3n) is 2.78. The summed E-state index contributed by atoms with van der Waals surface area (Å²) < 4.78 is 39.6. The number of pyridine rings is 1. The monoisotopic (exact) mass is 324 g/mol. The Morgan fingerprint density at radius 2 is 2.15 bits per heavy atom. The van der Waals surface area contributed by atoms with E-state index >= 15 is 0 Å². The number of hydrogen-bond donors (Lipinski definition) is 1. The molecule has 0 aliphatic carbocycles. The molecule has 0 saturated heterocycles. The number of thioether (sulfide) groups is 1. The van der Waals surface area contributed by atoms with Gasteiger partial charge >= 0.3 is 6.18 Å². The van der Waals surface area contributed by atoms with Crippen molar-refractivity contribution in [3.63, 3.8) is 0 Å². The Labute approximate surface area is 122 Å². The summed E-state index contributed by atoms with van der Waals surface area (Å²) in [5, 5.41) is 7.56. The molecular formula is C11H12ClF3N4S. The first kappa shape index (κ1) is 15.4. The molecule has 0 bridgehead atoms. The van der Waals surface area contributed by atoms with Crippen molar-refractivity contribution in [2.45, 2.75) is 18.6 Å². The number of nitrogens with two attached hydrogens (primary N) is 1. The van der Waals surface area contributed by atoms with Crippen LogP contribution in [0.25, 0.3) is 5.65 Å². The van der Waals surface area contributed by atoms with E-state index in [0.717, 1.165) is 18.0 Å². The Balaban J connectivity index is 2.50. The number of nitrogens with zero attached hydrogens (tertiary/aromatic N) is 3. The number of halogens is 4. The third-order valence-corrected chi connectivity index (χ3v) is 3.70. The van der Waals surface area contributed by atoms with E-state index in [4.69, 9.17) is 17.3 Å². The minimum Gasteiger partial charge on any atom is -0.321 e. The zero-order chi connectivity index (χ0) is 14.9. The Morgan fingerprint density at radius 1 is 1.45 bits per heavy atom. The van der Waals surface area contributed by atoms with E-state index in [9.17, 15) is 13.2 Å². The van der Waals surface area contributed by atoms with Gasteiger partial charge < -0.3 is 5.73 Å². The van der Waals surface area contributed by atoms with Gasteiger partial charge in [0, 0.05) is 6.20 Å². The molecule has 2 N–H and O–H groups in total. The van der Waals surface area contributed by atoms with Gasteiger partial charge in [0.05, 0.1) is 16.6 Å². The summed E-state index contributed by atoms with van der Waals surface area (Å²) in [6, 6.07) is 0.347. The van der Waals surface area contributed by atoms with Crippen LogP contribution in [0, 0.1) is 0 Å². The summed E-state index contributed by atoms with van der Waals surface area (Å²) >= 11 is 7.42. The molecule has 2 rings (SSSR count). The highest BCUT2D eigenvalue weighted by Gasteiger charge is 2.32. The summed E-state index contributed by atoms with van der Waals surface area (Å²) in [6.07, 6.45) is -1.04. The van der Waals surface area contributed by atoms with Crippen LogP contribution in [-0.4, -0.2) is 26.6 Å². The van der Waals surface area contributed by atoms with Crippen molar-refractivity contribution in [3.8, 4) is 0 Å². The zero-order valence-corrected chi connectivity index (χ0v) is 12.1. The third kappa shape index (κ3) is 3.02. The van der Waals surface area contributed by atoms with E-state index in [1.54, 1.807) is 11.8 Å². The molecule has 9 heteroatoms. The van der Waals surface area contributed by atoms with Crippen LogP contribution in [0.15, 0.2) is 12.3 Å². The fraction of sp³-hybridized carbons (Fsp3) is 0.455. The van der Waals surface area contributed by atoms with E-state index in [1.165, 1.54) is 4.40 Å². The van der Waals surface area contributed by atoms with Crippen LogP contribution in [0.4, 0.5) is 13.2 Å². The van der Waals surface area contributed by atoms with Crippen LogP contribution in [-0.2, 0) is 6.18 Å². The molecule has 1 unspecified atom stereocenters. The molecule has 2 aromatic rings. The Bertz CT molecular complexity index is 613. The van der Waals surface area contributed by atoms with E-state index in [1.807, 2.05) is 6.26 Å². The molecule has 2 heterocycles. The van der Waals surface area contributed by atoms with Gasteiger partial charge in [-0.3, -0.25) is 4.40 Å². The minimum absolute atomic E-state index is 0.101. The quantitative estimate of drug-likeness (QED) is 0.938. The summed E-state index contributed by atoms with van der Waals surface area (Å²) in [5.41, 5.74) is 5.26. The molecular weight excluding hydrogens is 313 g/mol. The lowest BCUT2D eigenvalue weighted by atomic mass is 10.2. The summed E-state index contributed by atoms with van der Waals surface area (Å²) in [7, 11) is 0. The second kappa shape index (κ2) is 5.79. The fourth-order valence-electron chi connectivity index (χ4n) is 1.75. The molecule has 2 aromatic heterocycles. The van der Waals surface area contributed by atoms with Gasteiger partial charge in [-0.15, -0.1) is 10.2 Å². The van der Waals surface area contributed by atoms with E-state index < -0.39 is 17.8 Å². The first-order valence-corrected chi connectivity index (χ1v) is 7.47. The molecule has 0 aliphatic rings. The summed E-state index contributed by atoms with van der Waals surface area (Å²) in [5.74, 6) is 1.06. The topological polar surface area (TPSA) is 56.2 Å². The van der Waals surface area contributed by atoms with Crippen LogP contribution in [0.1, 0.15) is 23.9 Å². The van der Waals surface area contributed by atoms with Crippen LogP contribution >= 0.6 is 23.4 Å². The second-order valence-corrected chi connectivity index (χ2v) is 5.61. The van der Waals surface area contributed by atoms with E-state index in [0.29, 0.717) is 6.42 Å². The van der Waals surface area contributed by atoms with Gasteiger partial charge in [0.1, 0.15) is 0 Å². The fourth-order valence-corrected chi connectivity index (χ4v) is 2.49. The molecule has 0 spiro atoms. The minimum atomic E-state index is -4.48. The first-order chi connectivity index (χ1) is 9.34. The highest BCUT2D eigenvalue weighted by molar-refractivity contribution is 7.98. The first-order valence-electron chi connectivity index (χ1n) is 5.70. The molecule has 0 amide bonds. The smallest absolute Gasteiger partial charge is 0.321 e. The largest absolute Gasteiger partial charge is 0.417 e. The molecule has 1 atom stereocenters. The zero-order valence-electron chi connectivity index (χ0n) is 10.5. The van der Waals surface area contributed by atoms with Gasteiger partial charge in [-0.05, 0) is 24.5 Å². The van der Waals surface area contributed by atoms with Crippen LogP contribution in [0.5, 0.6) is 0 Å². The predicted octanol–water partition coefficient (Wildman–Crippen LogP) is 3.15. The highest BCUT2D eigenvalue weighted by atomic mass is 35.5. The standard InChI is InChI=1S/C11H12ClF3N4S/c1-20-3-2-8(16)10-18-17-9-7(12)4-6(5-19(9)10)11(13,14)15/h4-5,8H,2-3,16H2,1H3. The average Bonchev–Trinajstić information content (AvgIpc) is 2.79. The van der Waals surface area contributed by atoms with Crippen LogP contribution in [0.2, 0.25) is 5.02 Å². The Morgan fingerprint density at radius 3 is 2.75 bits per heavy atom. The number of alkyl halides is 3. The molecule has 0 aliphatic heterocycles. The lowest BCUT2D eigenvalue weighted by Gasteiger charge is -2.11. The van der Waals surface area contributed by atoms with Gasteiger partial charge in [-0.1, -0.05) is 11.6 Å². The normalized spacial score (nSPS) is 13.9. The highest BCUT2D eigenvalue weighted by Crippen LogP contribution is 2.32. The van der Waals surface area contributed by atoms with Crippen molar-refractivity contribution in [2.24, 2.45) is 5.73 Å². The van der Waals surface area contributed by atoms with Gasteiger partial charge in [0.25, 0.3) is 0 Å². The predicted molar refractivity (Wildman–Crippen MR) is 72.9 cm³/mol. The lowest BCUT2D eigenvalue weighted by molar-refractivity contribution is -0.137. The van der Waals surface area contributed by atoms with Crippen molar-refractivity contribution in [3.05, 3.63) is 28.7 Å². The van der Waals surface area contributed by atoms with Crippen molar-refractivity contribution in [1.82, 2.24) is 14.6 Å². The second-order valence-electron chi connectivity index (χ2n) is 4.21. The van der Waals surface area contributed by atoms with Crippen molar-refractivity contribution in [2.75, 3.05) is 12.0 Å². The van der Waals surface area contributed by atoms with Crippen LogP contribution in [0.3, 0.4) is 0 Å². The van der Waals surface area contributed by atoms with Crippen molar-refractivity contribution < 1.29 is 13.2 Å². The molecule has 0 radical (unpaired) electrons. The molecule has 0 saturated carbocycles. The maximum Gasteiger partial charge on any atom is 0.417 e.